The van der Waals surface area contributed by atoms with E-state index in [1.165, 1.54) is 11.1 Å². The van der Waals surface area contributed by atoms with Crippen LogP contribution in [0.5, 0.6) is 11.5 Å². The summed E-state index contributed by atoms with van der Waals surface area (Å²) in [5.74, 6) is 1.68. The van der Waals surface area contributed by atoms with Gasteiger partial charge in [0.1, 0.15) is 13.2 Å². The van der Waals surface area contributed by atoms with Crippen LogP contribution in [0.4, 0.5) is 0 Å². The van der Waals surface area contributed by atoms with Crippen molar-refractivity contribution < 1.29 is 9.47 Å². The third kappa shape index (κ3) is 3.39. The van der Waals surface area contributed by atoms with Crippen molar-refractivity contribution in [2.45, 2.75) is 19.5 Å². The summed E-state index contributed by atoms with van der Waals surface area (Å²) < 4.78 is 12.3. The number of rotatable bonds is 4. The molecule has 1 heterocycles. The van der Waals surface area contributed by atoms with Gasteiger partial charge in [-0.1, -0.05) is 40.2 Å². The van der Waals surface area contributed by atoms with Crippen molar-refractivity contribution in [3.05, 3.63) is 58.1 Å². The van der Waals surface area contributed by atoms with Crippen LogP contribution in [0.1, 0.15) is 24.1 Å². The van der Waals surface area contributed by atoms with Gasteiger partial charge in [0.25, 0.3) is 0 Å². The Hall–Kier alpha value is -1.52. The molecule has 0 spiro atoms. The van der Waals surface area contributed by atoms with Gasteiger partial charge < -0.3 is 14.8 Å². The predicted octanol–water partition coefficient (Wildman–Crippen LogP) is 4.07. The fourth-order valence-electron chi connectivity index (χ4n) is 2.40. The monoisotopic (exact) mass is 347 g/mol. The number of benzene rings is 2. The van der Waals surface area contributed by atoms with E-state index in [9.17, 15) is 0 Å². The zero-order chi connectivity index (χ0) is 14.7. The van der Waals surface area contributed by atoms with Crippen molar-refractivity contribution in [1.82, 2.24) is 5.32 Å². The van der Waals surface area contributed by atoms with Gasteiger partial charge in [-0.15, -0.1) is 0 Å². The van der Waals surface area contributed by atoms with Gasteiger partial charge in [-0.2, -0.15) is 0 Å². The van der Waals surface area contributed by atoms with E-state index in [0.717, 1.165) is 22.5 Å². The van der Waals surface area contributed by atoms with Crippen LogP contribution in [0.15, 0.2) is 46.9 Å². The molecule has 110 valence electrons. The molecule has 21 heavy (non-hydrogen) atoms. The summed E-state index contributed by atoms with van der Waals surface area (Å²) in [6.45, 7) is 4.21. The molecule has 2 aromatic rings. The smallest absolute Gasteiger partial charge is 0.161 e. The van der Waals surface area contributed by atoms with E-state index in [1.54, 1.807) is 0 Å². The normalized spacial score (nSPS) is 14.8. The average Bonchev–Trinajstić information content (AvgIpc) is 2.53. The standard InChI is InChI=1S/C17H18BrNO2/c1-12(14-4-2-3-5-15(14)18)19-11-13-6-7-16-17(10-13)21-9-8-20-16/h2-7,10,12,19H,8-9,11H2,1H3/t12-/m1/s1. The number of ether oxygens (including phenoxy) is 2. The summed E-state index contributed by atoms with van der Waals surface area (Å²) in [6.07, 6.45) is 0. The molecule has 0 saturated carbocycles. The minimum absolute atomic E-state index is 0.272. The second-order valence-electron chi connectivity index (χ2n) is 5.10. The summed E-state index contributed by atoms with van der Waals surface area (Å²) in [5.41, 5.74) is 2.45. The Labute approximate surface area is 133 Å². The van der Waals surface area contributed by atoms with Gasteiger partial charge in [0, 0.05) is 17.1 Å². The lowest BCUT2D eigenvalue weighted by Gasteiger charge is -2.20. The summed E-state index contributed by atoms with van der Waals surface area (Å²) in [6, 6.07) is 14.7. The highest BCUT2D eigenvalue weighted by molar-refractivity contribution is 9.10. The van der Waals surface area contributed by atoms with Gasteiger partial charge in [0.2, 0.25) is 0 Å². The second kappa shape index (κ2) is 6.50. The van der Waals surface area contributed by atoms with Crippen LogP contribution in [0, 0.1) is 0 Å². The van der Waals surface area contributed by atoms with E-state index in [1.807, 2.05) is 18.2 Å². The van der Waals surface area contributed by atoms with Crippen LogP contribution in [-0.2, 0) is 6.54 Å². The molecular weight excluding hydrogens is 330 g/mol. The van der Waals surface area contributed by atoms with Gasteiger partial charge in [-0.05, 0) is 36.2 Å². The Kier molecular flexibility index (Phi) is 4.46. The van der Waals surface area contributed by atoms with Gasteiger partial charge in [0.05, 0.1) is 0 Å². The molecule has 3 rings (SSSR count). The van der Waals surface area contributed by atoms with E-state index in [2.05, 4.69) is 52.4 Å². The first-order chi connectivity index (χ1) is 10.2. The summed E-state index contributed by atoms with van der Waals surface area (Å²) in [5, 5.41) is 3.54. The Morgan fingerprint density at radius 1 is 1.10 bits per heavy atom. The third-order valence-corrected chi connectivity index (χ3v) is 4.31. The molecular formula is C17H18BrNO2. The number of nitrogens with one attached hydrogen (secondary N) is 1. The predicted molar refractivity (Wildman–Crippen MR) is 86.8 cm³/mol. The van der Waals surface area contributed by atoms with Gasteiger partial charge in [-0.25, -0.2) is 0 Å². The SMILES string of the molecule is C[C@@H](NCc1ccc2c(c1)OCCO2)c1ccccc1Br. The van der Waals surface area contributed by atoms with Crippen LogP contribution in [-0.4, -0.2) is 13.2 Å². The van der Waals surface area contributed by atoms with Crippen molar-refractivity contribution >= 4 is 15.9 Å². The van der Waals surface area contributed by atoms with Crippen LogP contribution >= 0.6 is 15.9 Å². The molecule has 1 aliphatic heterocycles. The average molecular weight is 348 g/mol. The highest BCUT2D eigenvalue weighted by Gasteiger charge is 2.12. The van der Waals surface area contributed by atoms with E-state index in [4.69, 9.17) is 9.47 Å². The van der Waals surface area contributed by atoms with Crippen LogP contribution < -0.4 is 14.8 Å². The largest absolute Gasteiger partial charge is 0.486 e. The van der Waals surface area contributed by atoms with Gasteiger partial charge in [0.15, 0.2) is 11.5 Å². The maximum atomic E-state index is 5.61. The van der Waals surface area contributed by atoms with Crippen molar-refractivity contribution in [2.75, 3.05) is 13.2 Å². The Bertz CT molecular complexity index is 630. The molecule has 1 aliphatic rings. The molecule has 0 bridgehead atoms. The molecule has 0 aliphatic carbocycles. The van der Waals surface area contributed by atoms with Crippen molar-refractivity contribution in [1.29, 1.82) is 0 Å². The molecule has 0 saturated heterocycles. The Morgan fingerprint density at radius 3 is 2.67 bits per heavy atom. The number of hydrogen-bond donors (Lipinski definition) is 1. The molecule has 4 heteroatoms. The van der Waals surface area contributed by atoms with Crippen LogP contribution in [0.2, 0.25) is 0 Å². The summed E-state index contributed by atoms with van der Waals surface area (Å²) in [4.78, 5) is 0. The molecule has 0 unspecified atom stereocenters. The number of hydrogen-bond acceptors (Lipinski definition) is 3. The molecule has 0 fully saturated rings. The minimum atomic E-state index is 0.272. The molecule has 1 N–H and O–H groups in total. The Morgan fingerprint density at radius 2 is 1.86 bits per heavy atom. The first-order valence-corrected chi connectivity index (χ1v) is 7.89. The van der Waals surface area contributed by atoms with E-state index >= 15 is 0 Å². The van der Waals surface area contributed by atoms with E-state index in [0.29, 0.717) is 13.2 Å². The lowest BCUT2D eigenvalue weighted by molar-refractivity contribution is 0.171. The molecule has 1 atom stereocenters. The lowest BCUT2D eigenvalue weighted by Crippen LogP contribution is -2.19. The van der Waals surface area contributed by atoms with Crippen molar-refractivity contribution in [3.8, 4) is 11.5 Å². The highest BCUT2D eigenvalue weighted by Crippen LogP contribution is 2.31. The zero-order valence-corrected chi connectivity index (χ0v) is 13.5. The summed E-state index contributed by atoms with van der Waals surface area (Å²) >= 11 is 3.60. The molecule has 3 nitrogen and oxygen atoms in total. The summed E-state index contributed by atoms with van der Waals surface area (Å²) in [7, 11) is 0. The molecule has 2 aromatic carbocycles. The number of fused-ring (bicyclic) bond motifs is 1. The minimum Gasteiger partial charge on any atom is -0.486 e. The third-order valence-electron chi connectivity index (χ3n) is 3.59. The van der Waals surface area contributed by atoms with Gasteiger partial charge >= 0.3 is 0 Å². The second-order valence-corrected chi connectivity index (χ2v) is 5.96. The first kappa shape index (κ1) is 14.4. The first-order valence-electron chi connectivity index (χ1n) is 7.10. The van der Waals surface area contributed by atoms with Crippen molar-refractivity contribution in [2.24, 2.45) is 0 Å². The fourth-order valence-corrected chi connectivity index (χ4v) is 3.03. The lowest BCUT2D eigenvalue weighted by atomic mass is 10.1. The maximum absolute atomic E-state index is 5.61. The van der Waals surface area contributed by atoms with Crippen molar-refractivity contribution in [3.63, 3.8) is 0 Å². The van der Waals surface area contributed by atoms with Gasteiger partial charge in [-0.3, -0.25) is 0 Å². The van der Waals surface area contributed by atoms with Crippen LogP contribution in [0.3, 0.4) is 0 Å². The Balaban J connectivity index is 1.66. The quantitative estimate of drug-likeness (QED) is 0.904. The molecule has 0 aromatic heterocycles. The van der Waals surface area contributed by atoms with Crippen LogP contribution in [0.25, 0.3) is 0 Å². The van der Waals surface area contributed by atoms with E-state index in [-0.39, 0.29) is 6.04 Å². The molecule has 0 amide bonds. The fraction of sp³-hybridized carbons (Fsp3) is 0.294. The number of halogens is 1. The zero-order valence-electron chi connectivity index (χ0n) is 11.9. The molecule has 0 radical (unpaired) electrons. The van der Waals surface area contributed by atoms with E-state index < -0.39 is 0 Å². The maximum Gasteiger partial charge on any atom is 0.161 e. The topological polar surface area (TPSA) is 30.5 Å². The highest BCUT2D eigenvalue weighted by atomic mass is 79.9.